The summed E-state index contributed by atoms with van der Waals surface area (Å²) in [6.07, 6.45) is 0.945. The molecule has 0 saturated heterocycles. The van der Waals surface area contributed by atoms with Crippen LogP contribution in [0.1, 0.15) is 11.9 Å². The normalized spacial score (nSPS) is 9.30. The Labute approximate surface area is 58.2 Å². The average molecular weight is 142 g/mol. The lowest BCUT2D eigenvalue weighted by atomic mass is 10.3. The minimum absolute atomic E-state index is 0. The molecule has 0 aliphatic carbocycles. The molecule has 0 aromatic carbocycles. The molecule has 0 fully saturated rings. The molecule has 0 atom stereocenters. The first-order valence-electron chi connectivity index (χ1n) is 2.61. The third-order valence-corrected chi connectivity index (χ3v) is 0.980. The predicted molar refractivity (Wildman–Crippen MR) is 34.8 cm³/mol. The van der Waals surface area contributed by atoms with Crippen LogP contribution in [0.15, 0.2) is 18.3 Å². The van der Waals surface area contributed by atoms with Crippen LogP contribution in [0.3, 0.4) is 0 Å². The number of aromatic nitrogens is 1. The van der Waals surface area contributed by atoms with Crippen LogP contribution in [-0.4, -0.2) is 10.9 Å². The van der Waals surface area contributed by atoms with E-state index in [1.165, 1.54) is 6.07 Å². The second-order valence-electron chi connectivity index (χ2n) is 1.73. The zero-order chi connectivity index (χ0) is 7.56. The van der Waals surface area contributed by atoms with E-state index in [1.807, 2.05) is 0 Å². The van der Waals surface area contributed by atoms with Crippen LogP contribution < -0.4 is 5.73 Å². The van der Waals surface area contributed by atoms with E-state index in [0.717, 1.165) is 12.3 Å². The number of carbonyl (C=O) groups excluding carboxylic acids is 1. The quantitative estimate of drug-likeness (QED) is 0.623. The minimum atomic E-state index is -0.653. The lowest BCUT2D eigenvalue weighted by molar-refractivity contribution is 0.0995. The summed E-state index contributed by atoms with van der Waals surface area (Å²) in [6.45, 7) is 0. The highest BCUT2D eigenvalue weighted by Gasteiger charge is 1.99. The highest BCUT2D eigenvalue weighted by Crippen LogP contribution is 1.95. The lowest BCUT2D eigenvalue weighted by Crippen LogP contribution is -2.12. The predicted octanol–water partition coefficient (Wildman–Crippen LogP) is 0.566. The zero-order valence-corrected chi connectivity index (χ0v) is 5.04. The fourth-order valence-corrected chi connectivity index (χ4v) is 0.522. The molecule has 1 rings (SSSR count). The fraction of sp³-hybridized carbons (Fsp3) is 0. The van der Waals surface area contributed by atoms with Crippen LogP contribution in [0.2, 0.25) is 0 Å². The third-order valence-electron chi connectivity index (χ3n) is 0.980. The van der Waals surface area contributed by atoms with E-state index in [2.05, 4.69) is 4.98 Å². The summed E-state index contributed by atoms with van der Waals surface area (Å²) in [4.78, 5) is 13.8. The number of carbonyl (C=O) groups is 1. The molecule has 10 heavy (non-hydrogen) atoms. The average Bonchev–Trinajstić information content (AvgIpc) is 1.88. The molecular weight excluding hydrogens is 135 g/mol. The van der Waals surface area contributed by atoms with Gasteiger partial charge in [-0.05, 0) is 12.1 Å². The Morgan fingerprint density at radius 1 is 1.70 bits per heavy atom. The Balaban J connectivity index is 0.000001000. The van der Waals surface area contributed by atoms with Crippen LogP contribution in [0, 0.1) is 5.82 Å². The van der Waals surface area contributed by atoms with Gasteiger partial charge in [0.25, 0.3) is 5.91 Å². The number of pyridine rings is 1. The van der Waals surface area contributed by atoms with Gasteiger partial charge in [-0.15, -0.1) is 0 Å². The van der Waals surface area contributed by atoms with Crippen molar-refractivity contribution in [3.05, 3.63) is 29.8 Å². The molecule has 54 valence electrons. The van der Waals surface area contributed by atoms with Crippen LogP contribution >= 0.6 is 0 Å². The summed E-state index contributed by atoms with van der Waals surface area (Å²) in [5.41, 5.74) is 4.91. The molecule has 0 bridgehead atoms. The van der Waals surface area contributed by atoms with Gasteiger partial charge in [0.05, 0.1) is 6.20 Å². The van der Waals surface area contributed by atoms with E-state index < -0.39 is 11.7 Å². The van der Waals surface area contributed by atoms with Crippen LogP contribution in [-0.2, 0) is 0 Å². The highest BCUT2D eigenvalue weighted by molar-refractivity contribution is 5.90. The van der Waals surface area contributed by atoms with Gasteiger partial charge in [0.1, 0.15) is 11.5 Å². The van der Waals surface area contributed by atoms with Crippen molar-refractivity contribution >= 4 is 5.91 Å². The van der Waals surface area contributed by atoms with E-state index in [-0.39, 0.29) is 7.12 Å². The van der Waals surface area contributed by atoms with Gasteiger partial charge in [0.2, 0.25) is 0 Å². The van der Waals surface area contributed by atoms with Crippen molar-refractivity contribution in [1.82, 2.24) is 4.98 Å². The number of nitrogens with zero attached hydrogens (tertiary/aromatic N) is 1. The summed E-state index contributed by atoms with van der Waals surface area (Å²) in [5.74, 6) is -1.13. The number of hydrogen-bond donors (Lipinski definition) is 1. The first kappa shape index (κ1) is 6.67. The van der Waals surface area contributed by atoms with Crippen molar-refractivity contribution in [3.63, 3.8) is 0 Å². The van der Waals surface area contributed by atoms with Gasteiger partial charge >= 0.3 is 0 Å². The molecule has 0 aliphatic heterocycles. The van der Waals surface area contributed by atoms with Crippen LogP contribution in [0.4, 0.5) is 4.39 Å². The Morgan fingerprint density at radius 2 is 2.40 bits per heavy atom. The Bertz CT molecular complexity index is 249. The fourth-order valence-electron chi connectivity index (χ4n) is 0.522. The monoisotopic (exact) mass is 142 g/mol. The number of primary amides is 1. The summed E-state index contributed by atoms with van der Waals surface area (Å²) in [6, 6.07) is 2.37. The maximum atomic E-state index is 12.1. The Hall–Kier alpha value is -1.45. The van der Waals surface area contributed by atoms with Crippen molar-refractivity contribution in [2.45, 2.75) is 0 Å². The van der Waals surface area contributed by atoms with Gasteiger partial charge in [-0.25, -0.2) is 9.37 Å². The van der Waals surface area contributed by atoms with Crippen molar-refractivity contribution in [3.8, 4) is 0 Å². The maximum Gasteiger partial charge on any atom is 0.267 e. The first-order chi connectivity index (χ1) is 4.70. The Kier molecular flexibility index (Phi) is 1.62. The van der Waals surface area contributed by atoms with E-state index in [4.69, 9.17) is 5.73 Å². The summed E-state index contributed by atoms with van der Waals surface area (Å²) < 4.78 is 12.1. The smallest absolute Gasteiger partial charge is 0.267 e. The minimum Gasteiger partial charge on any atom is -0.364 e. The zero-order valence-electron chi connectivity index (χ0n) is 5.04. The number of halogens is 1. The van der Waals surface area contributed by atoms with Gasteiger partial charge in [0, 0.05) is 1.43 Å². The highest BCUT2D eigenvalue weighted by atomic mass is 19.1. The van der Waals surface area contributed by atoms with Gasteiger partial charge < -0.3 is 5.73 Å². The molecule has 2 N–H and O–H groups in total. The topological polar surface area (TPSA) is 56.0 Å². The van der Waals surface area contributed by atoms with Crippen molar-refractivity contribution in [1.29, 1.82) is 0 Å². The molecule has 1 aromatic heterocycles. The van der Waals surface area contributed by atoms with Crippen molar-refractivity contribution in [2.24, 2.45) is 5.73 Å². The van der Waals surface area contributed by atoms with E-state index in [0.29, 0.717) is 0 Å². The molecule has 0 aliphatic rings. The Morgan fingerprint density at radius 3 is 2.80 bits per heavy atom. The molecule has 1 heterocycles. The molecule has 4 heteroatoms. The van der Waals surface area contributed by atoms with Crippen molar-refractivity contribution < 1.29 is 10.6 Å². The number of rotatable bonds is 1. The molecule has 0 radical (unpaired) electrons. The van der Waals surface area contributed by atoms with Crippen LogP contribution in [0.5, 0.6) is 0 Å². The second-order valence-corrected chi connectivity index (χ2v) is 1.73. The summed E-state index contributed by atoms with van der Waals surface area (Å²) in [5, 5.41) is 0. The van der Waals surface area contributed by atoms with Crippen molar-refractivity contribution in [2.75, 3.05) is 0 Å². The number of hydrogen-bond acceptors (Lipinski definition) is 2. The molecule has 1 amide bonds. The van der Waals surface area contributed by atoms with Gasteiger partial charge in [0.15, 0.2) is 0 Å². The van der Waals surface area contributed by atoms with E-state index in [1.54, 1.807) is 0 Å². The second kappa shape index (κ2) is 2.43. The molecular formula is C6H7FN2O. The maximum absolute atomic E-state index is 12.1. The first-order valence-corrected chi connectivity index (χ1v) is 2.61. The van der Waals surface area contributed by atoms with Gasteiger partial charge in [-0.2, -0.15) is 0 Å². The SMILES string of the molecule is NC(=O)c1ccc(F)cn1.[HH]. The molecule has 0 saturated carbocycles. The molecule has 0 spiro atoms. The molecule has 0 unspecified atom stereocenters. The van der Waals surface area contributed by atoms with Crippen LogP contribution in [0.25, 0.3) is 0 Å². The largest absolute Gasteiger partial charge is 0.364 e. The standard InChI is InChI=1S/C6H5FN2O.H2/c7-4-1-2-5(6(8)10)9-3-4;/h1-3H,(H2,8,10);1H. The van der Waals surface area contributed by atoms with E-state index >= 15 is 0 Å². The third kappa shape index (κ3) is 1.28. The molecule has 1 aromatic rings. The molecule has 3 nitrogen and oxygen atoms in total. The van der Waals surface area contributed by atoms with Gasteiger partial charge in [-0.3, -0.25) is 4.79 Å². The summed E-state index contributed by atoms with van der Waals surface area (Å²) in [7, 11) is 0. The van der Waals surface area contributed by atoms with E-state index in [9.17, 15) is 9.18 Å². The number of nitrogens with two attached hydrogens (primary N) is 1. The lowest BCUT2D eigenvalue weighted by Gasteiger charge is -1.90. The summed E-state index contributed by atoms with van der Waals surface area (Å²) >= 11 is 0. The van der Waals surface area contributed by atoms with Gasteiger partial charge in [-0.1, -0.05) is 0 Å². The number of amides is 1.